The van der Waals surface area contributed by atoms with Crippen molar-refractivity contribution >= 4 is 0 Å². The van der Waals surface area contributed by atoms with E-state index in [1.54, 1.807) is 7.11 Å². The monoisotopic (exact) mass is 294 g/mol. The Balaban J connectivity index is 1.75. The van der Waals surface area contributed by atoms with Crippen LogP contribution in [0, 0.1) is 0 Å². The fourth-order valence-corrected chi connectivity index (χ4v) is 3.46. The van der Waals surface area contributed by atoms with Gasteiger partial charge in [0.1, 0.15) is 5.60 Å². The van der Waals surface area contributed by atoms with Gasteiger partial charge in [-0.1, -0.05) is 24.4 Å². The lowest BCUT2D eigenvalue weighted by Crippen LogP contribution is -2.44. The predicted octanol–water partition coefficient (Wildman–Crippen LogP) is 1.84. The SMILES string of the molecule is COC1(c2noc(C(C)N3CCNCC3)n2)CCCCC1. The number of nitrogens with one attached hydrogen (secondary N) is 1. The molecule has 1 aliphatic carbocycles. The standard InChI is InChI=1S/C15H26N4O2/c1-12(19-10-8-16-9-11-19)13-17-14(18-21-13)15(20-2)6-4-3-5-7-15/h12,16H,3-11H2,1-2H3. The van der Waals surface area contributed by atoms with Gasteiger partial charge in [-0.15, -0.1) is 0 Å². The van der Waals surface area contributed by atoms with Gasteiger partial charge in [0.15, 0.2) is 0 Å². The van der Waals surface area contributed by atoms with Gasteiger partial charge < -0.3 is 14.6 Å². The number of piperazine rings is 1. The molecule has 2 heterocycles. The number of ether oxygens (including phenoxy) is 1. The number of aromatic nitrogens is 2. The summed E-state index contributed by atoms with van der Waals surface area (Å²) < 4.78 is 11.4. The molecule has 0 aromatic carbocycles. The first kappa shape index (κ1) is 14.9. The number of methoxy groups -OCH3 is 1. The first-order valence-electron chi connectivity index (χ1n) is 8.09. The highest BCUT2D eigenvalue weighted by molar-refractivity contribution is 5.05. The third kappa shape index (κ3) is 2.98. The summed E-state index contributed by atoms with van der Waals surface area (Å²) in [6, 6.07) is 0.172. The molecule has 1 N–H and O–H groups in total. The van der Waals surface area contributed by atoms with Crippen molar-refractivity contribution < 1.29 is 9.26 Å². The van der Waals surface area contributed by atoms with E-state index in [0.29, 0.717) is 5.89 Å². The van der Waals surface area contributed by atoms with Crippen molar-refractivity contribution in [2.75, 3.05) is 33.3 Å². The molecule has 1 unspecified atom stereocenters. The fourth-order valence-electron chi connectivity index (χ4n) is 3.46. The molecule has 0 amide bonds. The minimum atomic E-state index is -0.330. The van der Waals surface area contributed by atoms with Gasteiger partial charge in [0.2, 0.25) is 11.7 Å². The van der Waals surface area contributed by atoms with Crippen LogP contribution in [0.2, 0.25) is 0 Å². The maximum atomic E-state index is 5.79. The smallest absolute Gasteiger partial charge is 0.243 e. The summed E-state index contributed by atoms with van der Waals surface area (Å²) in [6.07, 6.45) is 5.60. The Hall–Kier alpha value is -0.980. The highest BCUT2D eigenvalue weighted by atomic mass is 16.5. The van der Waals surface area contributed by atoms with E-state index in [0.717, 1.165) is 44.8 Å². The quantitative estimate of drug-likeness (QED) is 0.914. The molecular formula is C15H26N4O2. The molecule has 6 heteroatoms. The highest BCUT2D eigenvalue weighted by Gasteiger charge is 2.39. The largest absolute Gasteiger partial charge is 0.370 e. The van der Waals surface area contributed by atoms with Gasteiger partial charge in [0, 0.05) is 33.3 Å². The molecule has 0 bridgehead atoms. The van der Waals surface area contributed by atoms with Gasteiger partial charge in [-0.05, 0) is 19.8 Å². The van der Waals surface area contributed by atoms with E-state index >= 15 is 0 Å². The summed E-state index contributed by atoms with van der Waals surface area (Å²) in [5, 5.41) is 7.61. The summed E-state index contributed by atoms with van der Waals surface area (Å²) >= 11 is 0. The zero-order chi connectivity index (χ0) is 14.7. The van der Waals surface area contributed by atoms with Gasteiger partial charge in [-0.25, -0.2) is 0 Å². The Kier molecular flexibility index (Phi) is 4.57. The van der Waals surface area contributed by atoms with Crippen molar-refractivity contribution in [2.24, 2.45) is 0 Å². The van der Waals surface area contributed by atoms with E-state index in [1.807, 2.05) is 0 Å². The van der Waals surface area contributed by atoms with E-state index in [1.165, 1.54) is 19.3 Å². The number of rotatable bonds is 4. The zero-order valence-corrected chi connectivity index (χ0v) is 13.1. The molecule has 21 heavy (non-hydrogen) atoms. The Morgan fingerprint density at radius 1 is 1.24 bits per heavy atom. The fraction of sp³-hybridized carbons (Fsp3) is 0.867. The molecule has 2 aliphatic rings. The lowest BCUT2D eigenvalue weighted by Gasteiger charge is -2.33. The molecule has 1 saturated carbocycles. The van der Waals surface area contributed by atoms with Crippen LogP contribution in [-0.4, -0.2) is 48.3 Å². The summed E-state index contributed by atoms with van der Waals surface area (Å²) in [6.45, 7) is 6.23. The molecular weight excluding hydrogens is 268 g/mol. The number of hydrogen-bond acceptors (Lipinski definition) is 6. The van der Waals surface area contributed by atoms with E-state index in [4.69, 9.17) is 9.26 Å². The summed E-state index contributed by atoms with van der Waals surface area (Å²) in [5.74, 6) is 1.45. The first-order chi connectivity index (χ1) is 10.2. The average Bonchev–Trinajstić information content (AvgIpc) is 3.06. The molecule has 1 saturated heterocycles. The highest BCUT2D eigenvalue weighted by Crippen LogP contribution is 2.39. The number of hydrogen-bond donors (Lipinski definition) is 1. The molecule has 118 valence electrons. The third-order valence-electron chi connectivity index (χ3n) is 4.96. The molecule has 2 fully saturated rings. The Morgan fingerprint density at radius 3 is 2.62 bits per heavy atom. The maximum absolute atomic E-state index is 5.79. The maximum Gasteiger partial charge on any atom is 0.243 e. The average molecular weight is 294 g/mol. The van der Waals surface area contributed by atoms with Crippen LogP contribution >= 0.6 is 0 Å². The van der Waals surface area contributed by atoms with Crippen LogP contribution in [0.15, 0.2) is 4.52 Å². The summed E-state index contributed by atoms with van der Waals surface area (Å²) in [4.78, 5) is 7.07. The Labute approximate surface area is 126 Å². The second kappa shape index (κ2) is 6.42. The van der Waals surface area contributed by atoms with Crippen LogP contribution in [-0.2, 0) is 10.3 Å². The number of nitrogens with zero attached hydrogens (tertiary/aromatic N) is 3. The van der Waals surface area contributed by atoms with Crippen molar-refractivity contribution in [3.05, 3.63) is 11.7 Å². The predicted molar refractivity (Wildman–Crippen MR) is 78.9 cm³/mol. The Bertz CT molecular complexity index is 450. The molecule has 0 radical (unpaired) electrons. The van der Waals surface area contributed by atoms with Crippen LogP contribution in [0.3, 0.4) is 0 Å². The normalized spacial score (nSPS) is 24.9. The van der Waals surface area contributed by atoms with Crippen molar-refractivity contribution in [1.82, 2.24) is 20.4 Å². The van der Waals surface area contributed by atoms with E-state index in [2.05, 4.69) is 27.3 Å². The van der Waals surface area contributed by atoms with E-state index in [-0.39, 0.29) is 11.6 Å². The van der Waals surface area contributed by atoms with Gasteiger partial charge in [-0.3, -0.25) is 4.90 Å². The zero-order valence-electron chi connectivity index (χ0n) is 13.1. The van der Waals surface area contributed by atoms with Crippen LogP contribution in [0.4, 0.5) is 0 Å². The van der Waals surface area contributed by atoms with Crippen LogP contribution in [0.25, 0.3) is 0 Å². The van der Waals surface area contributed by atoms with E-state index < -0.39 is 0 Å². The lowest BCUT2D eigenvalue weighted by molar-refractivity contribution is -0.0527. The van der Waals surface area contributed by atoms with Crippen LogP contribution in [0.1, 0.15) is 56.8 Å². The Morgan fingerprint density at radius 2 is 1.95 bits per heavy atom. The van der Waals surface area contributed by atoms with Gasteiger partial charge >= 0.3 is 0 Å². The summed E-state index contributed by atoms with van der Waals surface area (Å²) in [5.41, 5.74) is -0.330. The molecule has 1 atom stereocenters. The minimum absolute atomic E-state index is 0.172. The second-order valence-electron chi connectivity index (χ2n) is 6.18. The molecule has 3 rings (SSSR count). The van der Waals surface area contributed by atoms with Crippen molar-refractivity contribution in [2.45, 2.75) is 50.7 Å². The molecule has 1 aliphatic heterocycles. The van der Waals surface area contributed by atoms with E-state index in [9.17, 15) is 0 Å². The van der Waals surface area contributed by atoms with Crippen LogP contribution in [0.5, 0.6) is 0 Å². The van der Waals surface area contributed by atoms with Crippen molar-refractivity contribution in [1.29, 1.82) is 0 Å². The molecule has 0 spiro atoms. The topological polar surface area (TPSA) is 63.4 Å². The molecule has 1 aromatic heterocycles. The van der Waals surface area contributed by atoms with Crippen molar-refractivity contribution in [3.63, 3.8) is 0 Å². The lowest BCUT2D eigenvalue weighted by atomic mass is 9.84. The minimum Gasteiger partial charge on any atom is -0.370 e. The molecule has 6 nitrogen and oxygen atoms in total. The second-order valence-corrected chi connectivity index (χ2v) is 6.18. The van der Waals surface area contributed by atoms with Crippen molar-refractivity contribution in [3.8, 4) is 0 Å². The van der Waals surface area contributed by atoms with Gasteiger partial charge in [0.25, 0.3) is 0 Å². The van der Waals surface area contributed by atoms with Gasteiger partial charge in [-0.2, -0.15) is 4.98 Å². The molecule has 1 aromatic rings. The summed E-state index contributed by atoms with van der Waals surface area (Å²) in [7, 11) is 1.76. The van der Waals surface area contributed by atoms with Gasteiger partial charge in [0.05, 0.1) is 6.04 Å². The first-order valence-corrected chi connectivity index (χ1v) is 8.09. The third-order valence-corrected chi connectivity index (χ3v) is 4.96. The van der Waals surface area contributed by atoms with Crippen LogP contribution < -0.4 is 5.32 Å².